The lowest BCUT2D eigenvalue weighted by molar-refractivity contribution is -0.136. The highest BCUT2D eigenvalue weighted by Crippen LogP contribution is 2.32. The fourth-order valence-corrected chi connectivity index (χ4v) is 4.13. The maximum atomic E-state index is 13.1. The van der Waals surface area contributed by atoms with Gasteiger partial charge in [-0.05, 0) is 31.4 Å². The molecule has 35 heavy (non-hydrogen) atoms. The van der Waals surface area contributed by atoms with Gasteiger partial charge in [-0.2, -0.15) is 0 Å². The maximum Gasteiger partial charge on any atom is 0.264 e. The molecule has 1 aromatic rings. The minimum Gasteiger partial charge on any atom is -0.384 e. The van der Waals surface area contributed by atoms with Crippen molar-refractivity contribution >= 4 is 35.2 Å². The standard InChI is InChI=1S/C24H32N4O7/c1-34-14-15-35-27-20(30)10-5-3-2-4-6-13-25-17-9-7-8-16-21(17)24(33)28(23(16)32)18-11-12-19(29)26-22(18)31/h7-9,18,25H,2-6,10-15H2,1H3,(H,27,30)(H,26,29,31). The number of unbranched alkanes of at least 4 members (excludes halogenated alkanes) is 4. The van der Waals surface area contributed by atoms with Crippen LogP contribution in [0.25, 0.3) is 0 Å². The third kappa shape index (κ3) is 6.86. The van der Waals surface area contributed by atoms with Crippen LogP contribution in [0.2, 0.25) is 0 Å². The van der Waals surface area contributed by atoms with Crippen LogP contribution in [0.1, 0.15) is 72.1 Å². The quantitative estimate of drug-likeness (QED) is 0.203. The van der Waals surface area contributed by atoms with Crippen LogP contribution < -0.4 is 16.1 Å². The first-order valence-electron chi connectivity index (χ1n) is 11.9. The number of benzene rings is 1. The number of rotatable bonds is 14. The lowest BCUT2D eigenvalue weighted by Gasteiger charge is -2.27. The molecule has 3 rings (SSSR count). The molecule has 1 aromatic carbocycles. The Morgan fingerprint density at radius 1 is 1.06 bits per heavy atom. The van der Waals surface area contributed by atoms with E-state index in [2.05, 4.69) is 16.1 Å². The van der Waals surface area contributed by atoms with Crippen LogP contribution in [0.15, 0.2) is 18.2 Å². The molecule has 2 heterocycles. The number of amides is 5. The molecular weight excluding hydrogens is 456 g/mol. The number of hydrogen-bond acceptors (Lipinski definition) is 8. The van der Waals surface area contributed by atoms with E-state index in [4.69, 9.17) is 9.57 Å². The number of hydroxylamine groups is 1. The lowest BCUT2D eigenvalue weighted by atomic mass is 10.0. The molecule has 0 aromatic heterocycles. The van der Waals surface area contributed by atoms with Gasteiger partial charge in [-0.3, -0.25) is 39.0 Å². The van der Waals surface area contributed by atoms with E-state index in [9.17, 15) is 24.0 Å². The summed E-state index contributed by atoms with van der Waals surface area (Å²) in [7, 11) is 1.56. The van der Waals surface area contributed by atoms with Gasteiger partial charge in [0.2, 0.25) is 17.7 Å². The monoisotopic (exact) mass is 488 g/mol. The minimum absolute atomic E-state index is 0.0851. The number of imide groups is 2. The highest BCUT2D eigenvalue weighted by molar-refractivity contribution is 6.25. The molecule has 1 saturated heterocycles. The highest BCUT2D eigenvalue weighted by Gasteiger charge is 2.45. The van der Waals surface area contributed by atoms with Crippen molar-refractivity contribution in [3.63, 3.8) is 0 Å². The molecular formula is C24H32N4O7. The molecule has 1 unspecified atom stereocenters. The number of nitrogens with zero attached hydrogens (tertiary/aromatic N) is 1. The van der Waals surface area contributed by atoms with Crippen molar-refractivity contribution in [2.24, 2.45) is 0 Å². The average molecular weight is 489 g/mol. The van der Waals surface area contributed by atoms with Crippen LogP contribution in [-0.4, -0.2) is 67.3 Å². The molecule has 0 bridgehead atoms. The Kier molecular flexibility index (Phi) is 9.74. The molecule has 0 saturated carbocycles. The Morgan fingerprint density at radius 3 is 2.60 bits per heavy atom. The van der Waals surface area contributed by atoms with Crippen molar-refractivity contribution in [2.45, 2.75) is 57.4 Å². The van der Waals surface area contributed by atoms with Gasteiger partial charge in [-0.1, -0.05) is 25.3 Å². The molecule has 190 valence electrons. The topological polar surface area (TPSA) is 143 Å². The summed E-state index contributed by atoms with van der Waals surface area (Å²) in [4.78, 5) is 67.1. The van der Waals surface area contributed by atoms with E-state index in [-0.39, 0.29) is 29.9 Å². The summed E-state index contributed by atoms with van der Waals surface area (Å²) >= 11 is 0. The Labute approximate surface area is 203 Å². The van der Waals surface area contributed by atoms with Crippen molar-refractivity contribution in [3.8, 4) is 0 Å². The second-order valence-electron chi connectivity index (χ2n) is 8.49. The number of methoxy groups -OCH3 is 1. The van der Waals surface area contributed by atoms with E-state index in [1.54, 1.807) is 25.3 Å². The number of anilines is 1. The second-order valence-corrected chi connectivity index (χ2v) is 8.49. The number of carbonyl (C=O) groups is 5. The van der Waals surface area contributed by atoms with Gasteiger partial charge in [0.15, 0.2) is 0 Å². The predicted molar refractivity (Wildman–Crippen MR) is 125 cm³/mol. The van der Waals surface area contributed by atoms with E-state index in [0.29, 0.717) is 31.9 Å². The summed E-state index contributed by atoms with van der Waals surface area (Å²) in [5.41, 5.74) is 3.46. The number of hydrogen-bond donors (Lipinski definition) is 3. The van der Waals surface area contributed by atoms with Gasteiger partial charge in [0.1, 0.15) is 6.04 Å². The Hall–Kier alpha value is -3.31. The zero-order valence-corrected chi connectivity index (χ0v) is 19.9. The maximum absolute atomic E-state index is 13.1. The van der Waals surface area contributed by atoms with E-state index in [1.807, 2.05) is 0 Å². The number of nitrogens with one attached hydrogen (secondary N) is 3. The Bertz CT molecular complexity index is 965. The smallest absolute Gasteiger partial charge is 0.264 e. The molecule has 1 fully saturated rings. The number of ether oxygens (including phenoxy) is 1. The number of piperidine rings is 1. The molecule has 0 spiro atoms. The number of carbonyl (C=O) groups excluding carboxylic acids is 5. The zero-order chi connectivity index (χ0) is 25.2. The third-order valence-corrected chi connectivity index (χ3v) is 5.94. The van der Waals surface area contributed by atoms with Crippen LogP contribution in [0, 0.1) is 0 Å². The lowest BCUT2D eigenvalue weighted by Crippen LogP contribution is -2.54. The fraction of sp³-hybridized carbons (Fsp3) is 0.542. The summed E-state index contributed by atoms with van der Waals surface area (Å²) in [6, 6.07) is 4.04. The Balaban J connectivity index is 1.40. The highest BCUT2D eigenvalue weighted by atomic mass is 16.7. The molecule has 1 atom stereocenters. The molecule has 2 aliphatic rings. The molecule has 0 radical (unpaired) electrons. The SMILES string of the molecule is COCCONC(=O)CCCCCCCNc1cccc2c1C(=O)N(C1CCC(=O)NC1=O)C2=O. The van der Waals surface area contributed by atoms with Crippen molar-refractivity contribution in [2.75, 3.05) is 32.2 Å². The first-order valence-corrected chi connectivity index (χ1v) is 11.9. The number of fused-ring (bicyclic) bond motifs is 1. The van der Waals surface area contributed by atoms with E-state index in [1.165, 1.54) is 0 Å². The molecule has 2 aliphatic heterocycles. The van der Waals surface area contributed by atoms with Gasteiger partial charge >= 0.3 is 0 Å². The summed E-state index contributed by atoms with van der Waals surface area (Å²) < 4.78 is 4.83. The van der Waals surface area contributed by atoms with Crippen LogP contribution >= 0.6 is 0 Å². The first kappa shape index (κ1) is 26.3. The van der Waals surface area contributed by atoms with E-state index < -0.39 is 29.7 Å². The Morgan fingerprint density at radius 2 is 1.83 bits per heavy atom. The molecule has 11 heteroatoms. The van der Waals surface area contributed by atoms with Gasteiger partial charge < -0.3 is 10.1 Å². The van der Waals surface area contributed by atoms with Crippen LogP contribution in [0.5, 0.6) is 0 Å². The summed E-state index contributed by atoms with van der Waals surface area (Å²) in [6.07, 6.45) is 5.07. The average Bonchev–Trinajstić information content (AvgIpc) is 3.09. The zero-order valence-electron chi connectivity index (χ0n) is 19.9. The first-order chi connectivity index (χ1) is 16.9. The summed E-state index contributed by atoms with van der Waals surface area (Å²) in [6.45, 7) is 1.35. The summed E-state index contributed by atoms with van der Waals surface area (Å²) in [5.74, 6) is -2.21. The van der Waals surface area contributed by atoms with Gasteiger partial charge in [0, 0.05) is 32.2 Å². The van der Waals surface area contributed by atoms with E-state index in [0.717, 1.165) is 37.0 Å². The van der Waals surface area contributed by atoms with Crippen molar-refractivity contribution in [1.82, 2.24) is 15.7 Å². The molecule has 11 nitrogen and oxygen atoms in total. The second kappa shape index (κ2) is 13.0. The van der Waals surface area contributed by atoms with Crippen LogP contribution in [-0.2, 0) is 24.0 Å². The largest absolute Gasteiger partial charge is 0.384 e. The molecule has 3 N–H and O–H groups in total. The summed E-state index contributed by atoms with van der Waals surface area (Å²) in [5, 5.41) is 5.43. The normalized spacial score (nSPS) is 17.4. The van der Waals surface area contributed by atoms with Crippen molar-refractivity contribution < 1.29 is 33.5 Å². The molecule has 0 aliphatic carbocycles. The van der Waals surface area contributed by atoms with Gasteiger partial charge in [-0.15, -0.1) is 0 Å². The minimum atomic E-state index is -0.980. The third-order valence-electron chi connectivity index (χ3n) is 5.94. The van der Waals surface area contributed by atoms with Crippen molar-refractivity contribution in [1.29, 1.82) is 0 Å². The van der Waals surface area contributed by atoms with Crippen LogP contribution in [0.3, 0.4) is 0 Å². The van der Waals surface area contributed by atoms with Crippen molar-refractivity contribution in [3.05, 3.63) is 29.3 Å². The van der Waals surface area contributed by atoms with Gasteiger partial charge in [0.05, 0.1) is 24.3 Å². The fourth-order valence-electron chi connectivity index (χ4n) is 4.13. The van der Waals surface area contributed by atoms with E-state index >= 15 is 0 Å². The van der Waals surface area contributed by atoms with Gasteiger partial charge in [0.25, 0.3) is 11.8 Å². The van der Waals surface area contributed by atoms with Crippen LogP contribution in [0.4, 0.5) is 5.69 Å². The van der Waals surface area contributed by atoms with Gasteiger partial charge in [-0.25, -0.2) is 5.48 Å². The predicted octanol–water partition coefficient (Wildman–Crippen LogP) is 1.53. The molecule has 5 amide bonds.